The van der Waals surface area contributed by atoms with Gasteiger partial charge in [0.2, 0.25) is 11.8 Å². The lowest BCUT2D eigenvalue weighted by Crippen LogP contribution is -2.44. The van der Waals surface area contributed by atoms with Gasteiger partial charge in [-0.2, -0.15) is 0 Å². The number of benzene rings is 1. The quantitative estimate of drug-likeness (QED) is 0.675. The fourth-order valence-corrected chi connectivity index (χ4v) is 3.05. The molecule has 6 nitrogen and oxygen atoms in total. The zero-order chi connectivity index (χ0) is 15.8. The molecule has 1 aliphatic heterocycles. The van der Waals surface area contributed by atoms with Gasteiger partial charge in [-0.25, -0.2) is 0 Å². The fraction of sp³-hybridized carbons (Fsp3) is 0.467. The standard InChI is InChI=1S/C15H21N3O3S.ClH/c1-21-9-8-16-6-7-17-14(19)10-18-12-4-2-3-5-13(12)22-11-15(18)20;/h2-5,16H,6-11H2,1H3,(H,17,19);1H. The molecule has 1 heterocycles. The van der Waals surface area contributed by atoms with E-state index in [0.717, 1.165) is 17.1 Å². The van der Waals surface area contributed by atoms with Gasteiger partial charge in [-0.1, -0.05) is 12.1 Å². The Hall–Kier alpha value is -1.28. The van der Waals surface area contributed by atoms with E-state index < -0.39 is 0 Å². The molecular formula is C15H22ClN3O3S. The summed E-state index contributed by atoms with van der Waals surface area (Å²) >= 11 is 1.51. The first-order chi connectivity index (χ1) is 10.7. The Morgan fingerprint density at radius 1 is 1.30 bits per heavy atom. The molecule has 2 rings (SSSR count). The van der Waals surface area contributed by atoms with E-state index >= 15 is 0 Å². The average molecular weight is 360 g/mol. The van der Waals surface area contributed by atoms with Crippen LogP contribution in [0.15, 0.2) is 29.2 Å². The maximum absolute atomic E-state index is 12.0. The van der Waals surface area contributed by atoms with Crippen LogP contribution in [-0.4, -0.2) is 57.5 Å². The highest BCUT2D eigenvalue weighted by atomic mass is 35.5. The van der Waals surface area contributed by atoms with Gasteiger partial charge in [0.05, 0.1) is 18.0 Å². The molecule has 0 atom stereocenters. The predicted octanol–water partition coefficient (Wildman–Crippen LogP) is 0.899. The molecule has 0 fully saturated rings. The molecule has 8 heteroatoms. The van der Waals surface area contributed by atoms with Gasteiger partial charge in [-0.05, 0) is 12.1 Å². The molecule has 0 saturated heterocycles. The summed E-state index contributed by atoms with van der Waals surface area (Å²) in [4.78, 5) is 26.6. The van der Waals surface area contributed by atoms with E-state index in [1.165, 1.54) is 11.8 Å². The minimum atomic E-state index is -0.149. The summed E-state index contributed by atoms with van der Waals surface area (Å²) in [5.41, 5.74) is 0.817. The van der Waals surface area contributed by atoms with E-state index in [4.69, 9.17) is 4.74 Å². The number of carbonyl (C=O) groups is 2. The molecule has 0 aliphatic carbocycles. The van der Waals surface area contributed by atoms with E-state index in [2.05, 4.69) is 10.6 Å². The highest BCUT2D eigenvalue weighted by Gasteiger charge is 2.25. The summed E-state index contributed by atoms with van der Waals surface area (Å²) in [5, 5.41) is 5.96. The van der Waals surface area contributed by atoms with Crippen molar-refractivity contribution in [2.24, 2.45) is 0 Å². The summed E-state index contributed by atoms with van der Waals surface area (Å²) in [7, 11) is 1.65. The van der Waals surface area contributed by atoms with Crippen LogP contribution in [0.1, 0.15) is 0 Å². The first-order valence-electron chi connectivity index (χ1n) is 7.21. The number of nitrogens with one attached hydrogen (secondary N) is 2. The van der Waals surface area contributed by atoms with E-state index in [9.17, 15) is 9.59 Å². The third-order valence-electron chi connectivity index (χ3n) is 3.22. The molecule has 0 aromatic heterocycles. The van der Waals surface area contributed by atoms with Gasteiger partial charge >= 0.3 is 0 Å². The number of hydrogen-bond donors (Lipinski definition) is 2. The number of ether oxygens (including phenoxy) is 1. The molecule has 128 valence electrons. The van der Waals surface area contributed by atoms with Gasteiger partial charge < -0.3 is 20.3 Å². The highest BCUT2D eigenvalue weighted by Crippen LogP contribution is 2.34. The molecule has 0 bridgehead atoms. The van der Waals surface area contributed by atoms with E-state index in [1.807, 2.05) is 24.3 Å². The fourth-order valence-electron chi connectivity index (χ4n) is 2.12. The van der Waals surface area contributed by atoms with Gasteiger partial charge in [-0.15, -0.1) is 24.2 Å². The van der Waals surface area contributed by atoms with Crippen molar-refractivity contribution in [3.63, 3.8) is 0 Å². The molecule has 0 unspecified atom stereocenters. The second-order valence-corrected chi connectivity index (χ2v) is 5.85. The Morgan fingerprint density at radius 3 is 2.87 bits per heavy atom. The lowest BCUT2D eigenvalue weighted by atomic mass is 10.2. The number of para-hydroxylation sites is 1. The SMILES string of the molecule is COCCNCCNC(=O)CN1C(=O)CSc2ccccc21.Cl. The third kappa shape index (κ3) is 6.02. The molecule has 23 heavy (non-hydrogen) atoms. The van der Waals surface area contributed by atoms with Crippen LogP contribution in [0.2, 0.25) is 0 Å². The second-order valence-electron chi connectivity index (χ2n) is 4.83. The van der Waals surface area contributed by atoms with Crippen LogP contribution in [0.3, 0.4) is 0 Å². The van der Waals surface area contributed by atoms with Crippen LogP contribution in [-0.2, 0) is 14.3 Å². The number of nitrogens with zero attached hydrogens (tertiary/aromatic N) is 1. The predicted molar refractivity (Wildman–Crippen MR) is 94.5 cm³/mol. The first kappa shape index (κ1) is 19.8. The smallest absolute Gasteiger partial charge is 0.240 e. The maximum Gasteiger partial charge on any atom is 0.240 e. The van der Waals surface area contributed by atoms with Crippen LogP contribution >= 0.6 is 24.2 Å². The number of hydrogen-bond acceptors (Lipinski definition) is 5. The van der Waals surface area contributed by atoms with Gasteiger partial charge in [0.15, 0.2) is 0 Å². The largest absolute Gasteiger partial charge is 0.383 e. The lowest BCUT2D eigenvalue weighted by Gasteiger charge is -2.28. The van der Waals surface area contributed by atoms with Crippen molar-refractivity contribution in [1.82, 2.24) is 10.6 Å². The van der Waals surface area contributed by atoms with Crippen molar-refractivity contribution in [3.8, 4) is 0 Å². The number of fused-ring (bicyclic) bond motifs is 1. The molecule has 0 saturated carbocycles. The van der Waals surface area contributed by atoms with Crippen molar-refractivity contribution in [2.75, 3.05) is 50.5 Å². The van der Waals surface area contributed by atoms with Crippen LogP contribution in [0.5, 0.6) is 0 Å². The number of thioether (sulfide) groups is 1. The lowest BCUT2D eigenvalue weighted by molar-refractivity contribution is -0.122. The second kappa shape index (κ2) is 10.5. The summed E-state index contributed by atoms with van der Waals surface area (Å²) in [6.07, 6.45) is 0. The number of carbonyl (C=O) groups excluding carboxylic acids is 2. The number of anilines is 1. The van der Waals surface area contributed by atoms with Gasteiger partial charge in [0.1, 0.15) is 6.54 Å². The van der Waals surface area contributed by atoms with Gasteiger partial charge in [-0.3, -0.25) is 9.59 Å². The molecule has 1 aliphatic rings. The van der Waals surface area contributed by atoms with Crippen molar-refractivity contribution in [1.29, 1.82) is 0 Å². The van der Waals surface area contributed by atoms with E-state index in [0.29, 0.717) is 25.4 Å². The Labute approximate surface area is 146 Å². The number of rotatable bonds is 8. The summed E-state index contributed by atoms with van der Waals surface area (Å²) < 4.78 is 4.92. The van der Waals surface area contributed by atoms with Crippen molar-refractivity contribution >= 4 is 41.7 Å². The molecule has 1 aromatic rings. The minimum Gasteiger partial charge on any atom is -0.383 e. The van der Waals surface area contributed by atoms with Crippen LogP contribution in [0.4, 0.5) is 5.69 Å². The van der Waals surface area contributed by atoms with E-state index in [1.54, 1.807) is 12.0 Å². The third-order valence-corrected chi connectivity index (χ3v) is 4.26. The van der Waals surface area contributed by atoms with E-state index in [-0.39, 0.29) is 30.8 Å². The molecule has 1 aromatic carbocycles. The normalized spacial score (nSPS) is 13.3. The highest BCUT2D eigenvalue weighted by molar-refractivity contribution is 8.00. The number of methoxy groups -OCH3 is 1. The Balaban J connectivity index is 0.00000264. The molecule has 0 radical (unpaired) electrons. The maximum atomic E-state index is 12.0. The first-order valence-corrected chi connectivity index (χ1v) is 8.19. The number of amides is 2. The van der Waals surface area contributed by atoms with Crippen molar-refractivity contribution in [3.05, 3.63) is 24.3 Å². The average Bonchev–Trinajstić information content (AvgIpc) is 2.53. The molecule has 2 amide bonds. The summed E-state index contributed by atoms with van der Waals surface area (Å²) in [5.74, 6) is 0.198. The van der Waals surface area contributed by atoms with Crippen molar-refractivity contribution in [2.45, 2.75) is 4.90 Å². The number of halogens is 1. The zero-order valence-electron chi connectivity index (χ0n) is 13.0. The van der Waals surface area contributed by atoms with Crippen LogP contribution in [0.25, 0.3) is 0 Å². The van der Waals surface area contributed by atoms with Crippen LogP contribution in [0, 0.1) is 0 Å². The van der Waals surface area contributed by atoms with Crippen LogP contribution < -0.4 is 15.5 Å². The van der Waals surface area contributed by atoms with Gasteiger partial charge in [0, 0.05) is 31.6 Å². The molecule has 2 N–H and O–H groups in total. The zero-order valence-corrected chi connectivity index (χ0v) is 14.7. The molecule has 0 spiro atoms. The Bertz CT molecular complexity index is 530. The minimum absolute atomic E-state index is 0. The Kier molecular flexibility index (Phi) is 9.01. The summed E-state index contributed by atoms with van der Waals surface area (Å²) in [6.45, 7) is 2.66. The van der Waals surface area contributed by atoms with Crippen molar-refractivity contribution < 1.29 is 14.3 Å². The van der Waals surface area contributed by atoms with Gasteiger partial charge in [0.25, 0.3) is 0 Å². The summed E-state index contributed by atoms with van der Waals surface area (Å²) in [6, 6.07) is 7.66. The molecular weight excluding hydrogens is 338 g/mol. The Morgan fingerprint density at radius 2 is 2.09 bits per heavy atom. The monoisotopic (exact) mass is 359 g/mol. The topological polar surface area (TPSA) is 70.7 Å².